The molecule has 0 spiro atoms. The zero-order valence-electron chi connectivity index (χ0n) is 10.5. The Bertz CT molecular complexity index is 733. The fourth-order valence-electron chi connectivity index (χ4n) is 1.66. The van der Waals surface area contributed by atoms with Crippen molar-refractivity contribution >= 4 is 21.4 Å². The van der Waals surface area contributed by atoms with Gasteiger partial charge in [0.15, 0.2) is 5.82 Å². The molecule has 0 bridgehead atoms. The van der Waals surface area contributed by atoms with Crippen molar-refractivity contribution in [2.24, 2.45) is 5.18 Å². The Morgan fingerprint density at radius 1 is 1.10 bits per heavy atom. The summed E-state index contributed by atoms with van der Waals surface area (Å²) >= 11 is 0. The lowest BCUT2D eigenvalue weighted by molar-refractivity contribution is 0.594. The van der Waals surface area contributed by atoms with Crippen LogP contribution >= 0.6 is 0 Å². The van der Waals surface area contributed by atoms with Crippen LogP contribution in [0.25, 0.3) is 0 Å². The monoisotopic (exact) mass is 294 g/mol. The highest BCUT2D eigenvalue weighted by atomic mass is 32.2. The van der Waals surface area contributed by atoms with Gasteiger partial charge in [-0.1, -0.05) is 18.2 Å². The summed E-state index contributed by atoms with van der Waals surface area (Å²) in [5.41, 5.74) is -0.275. The molecule has 0 aromatic heterocycles. The summed E-state index contributed by atoms with van der Waals surface area (Å²) in [6.07, 6.45) is 0. The van der Waals surface area contributed by atoms with Crippen LogP contribution < -0.4 is 4.31 Å². The second kappa shape index (κ2) is 5.38. The third-order valence-corrected chi connectivity index (χ3v) is 4.59. The van der Waals surface area contributed by atoms with Crippen LogP contribution in [0, 0.1) is 10.7 Å². The summed E-state index contributed by atoms with van der Waals surface area (Å²) in [7, 11) is -2.44. The average molecular weight is 294 g/mol. The van der Waals surface area contributed by atoms with Crippen LogP contribution in [0.1, 0.15) is 0 Å². The highest BCUT2D eigenvalue weighted by molar-refractivity contribution is 7.92. The molecule has 0 fully saturated rings. The molecule has 104 valence electrons. The lowest BCUT2D eigenvalue weighted by Gasteiger charge is -2.19. The lowest BCUT2D eigenvalue weighted by atomic mass is 10.3. The number of benzene rings is 2. The van der Waals surface area contributed by atoms with Crippen molar-refractivity contribution in [3.05, 3.63) is 59.3 Å². The number of sulfonamides is 1. The van der Waals surface area contributed by atoms with E-state index in [9.17, 15) is 17.7 Å². The molecule has 0 saturated heterocycles. The van der Waals surface area contributed by atoms with Crippen LogP contribution in [0.3, 0.4) is 0 Å². The van der Waals surface area contributed by atoms with E-state index in [0.29, 0.717) is 0 Å². The number of nitrogens with zero attached hydrogens (tertiary/aromatic N) is 2. The second-order valence-electron chi connectivity index (χ2n) is 4.01. The van der Waals surface area contributed by atoms with Crippen molar-refractivity contribution in [3.8, 4) is 0 Å². The van der Waals surface area contributed by atoms with E-state index < -0.39 is 21.5 Å². The van der Waals surface area contributed by atoms with Crippen molar-refractivity contribution in [1.82, 2.24) is 0 Å². The van der Waals surface area contributed by atoms with Crippen LogP contribution in [-0.2, 0) is 10.0 Å². The number of hydrogen-bond donors (Lipinski definition) is 0. The lowest BCUT2D eigenvalue weighted by Crippen LogP contribution is -2.26. The molecule has 0 atom stereocenters. The van der Waals surface area contributed by atoms with Crippen molar-refractivity contribution in [3.63, 3.8) is 0 Å². The molecule has 2 aromatic carbocycles. The predicted molar refractivity (Wildman–Crippen MR) is 73.9 cm³/mol. The first-order valence-corrected chi connectivity index (χ1v) is 7.07. The minimum atomic E-state index is -3.76. The second-order valence-corrected chi connectivity index (χ2v) is 5.98. The molecule has 0 unspecified atom stereocenters. The molecule has 5 nitrogen and oxygen atoms in total. The Labute approximate surface area is 115 Å². The molecule has 0 aliphatic carbocycles. The zero-order chi connectivity index (χ0) is 14.8. The average Bonchev–Trinajstić information content (AvgIpc) is 2.48. The van der Waals surface area contributed by atoms with E-state index >= 15 is 0 Å². The van der Waals surface area contributed by atoms with Gasteiger partial charge in [0.25, 0.3) is 10.0 Å². The normalized spacial score (nSPS) is 11.1. The molecule has 0 N–H and O–H groups in total. The maximum Gasteiger partial charge on any atom is 0.264 e. The van der Waals surface area contributed by atoms with Gasteiger partial charge in [-0.25, -0.2) is 12.8 Å². The van der Waals surface area contributed by atoms with Crippen LogP contribution in [-0.4, -0.2) is 15.5 Å². The molecule has 7 heteroatoms. The SMILES string of the molecule is CN(c1ccc(F)c(N=O)c1)S(=O)(=O)c1ccccc1. The third kappa shape index (κ3) is 2.53. The van der Waals surface area contributed by atoms with Gasteiger partial charge in [-0.15, -0.1) is 4.91 Å². The van der Waals surface area contributed by atoms with Gasteiger partial charge in [0, 0.05) is 7.05 Å². The molecule has 0 saturated carbocycles. The number of anilines is 1. The smallest absolute Gasteiger partial charge is 0.264 e. The standard InChI is InChI=1S/C13H11FN2O3S/c1-16(10-7-8-12(14)13(9-10)15-17)20(18,19)11-5-3-2-4-6-11/h2-9H,1H3. The van der Waals surface area contributed by atoms with E-state index in [4.69, 9.17) is 0 Å². The highest BCUT2D eigenvalue weighted by Crippen LogP contribution is 2.27. The van der Waals surface area contributed by atoms with Gasteiger partial charge in [0.1, 0.15) is 5.69 Å². The Hall–Kier alpha value is -2.28. The van der Waals surface area contributed by atoms with E-state index in [-0.39, 0.29) is 10.6 Å². The Kier molecular flexibility index (Phi) is 3.80. The van der Waals surface area contributed by atoms with Gasteiger partial charge >= 0.3 is 0 Å². The quantitative estimate of drug-likeness (QED) is 0.814. The zero-order valence-corrected chi connectivity index (χ0v) is 11.3. The van der Waals surface area contributed by atoms with Crippen molar-refractivity contribution in [2.75, 3.05) is 11.4 Å². The molecular formula is C13H11FN2O3S. The summed E-state index contributed by atoms with van der Waals surface area (Å²) in [6.45, 7) is 0. The highest BCUT2D eigenvalue weighted by Gasteiger charge is 2.21. The molecular weight excluding hydrogens is 283 g/mol. The number of rotatable bonds is 4. The van der Waals surface area contributed by atoms with Gasteiger partial charge < -0.3 is 0 Å². The van der Waals surface area contributed by atoms with Gasteiger partial charge in [-0.3, -0.25) is 4.31 Å². The molecule has 0 amide bonds. The van der Waals surface area contributed by atoms with Crippen LogP contribution in [0.15, 0.2) is 58.6 Å². The molecule has 2 rings (SSSR count). The van der Waals surface area contributed by atoms with Crippen LogP contribution in [0.2, 0.25) is 0 Å². The van der Waals surface area contributed by atoms with E-state index in [1.165, 1.54) is 25.2 Å². The largest absolute Gasteiger partial charge is 0.269 e. The summed E-state index contributed by atoms with van der Waals surface area (Å²) in [5.74, 6) is -0.797. The fourth-order valence-corrected chi connectivity index (χ4v) is 2.86. The molecule has 0 aliphatic heterocycles. The summed E-state index contributed by atoms with van der Waals surface area (Å²) in [4.78, 5) is 10.6. The van der Waals surface area contributed by atoms with E-state index in [1.807, 2.05) is 0 Å². The summed E-state index contributed by atoms with van der Waals surface area (Å²) in [6, 6.07) is 11.2. The minimum absolute atomic E-state index is 0.104. The van der Waals surface area contributed by atoms with Crippen molar-refractivity contribution in [2.45, 2.75) is 4.90 Å². The molecule has 0 heterocycles. The first-order chi connectivity index (χ1) is 9.46. The van der Waals surface area contributed by atoms with Gasteiger partial charge in [0.2, 0.25) is 0 Å². The topological polar surface area (TPSA) is 66.8 Å². The first-order valence-electron chi connectivity index (χ1n) is 5.63. The molecule has 0 radical (unpaired) electrons. The van der Waals surface area contributed by atoms with Crippen molar-refractivity contribution in [1.29, 1.82) is 0 Å². The maximum absolute atomic E-state index is 13.2. The van der Waals surface area contributed by atoms with Crippen LogP contribution in [0.4, 0.5) is 15.8 Å². The third-order valence-electron chi connectivity index (χ3n) is 2.79. The first kappa shape index (κ1) is 14.1. The Morgan fingerprint density at radius 3 is 2.35 bits per heavy atom. The number of nitroso groups, excluding NO2 is 1. The van der Waals surface area contributed by atoms with Crippen molar-refractivity contribution < 1.29 is 12.8 Å². The predicted octanol–water partition coefficient (Wildman–Crippen LogP) is 3.05. The molecule has 2 aromatic rings. The van der Waals surface area contributed by atoms with E-state index in [2.05, 4.69) is 5.18 Å². The fraction of sp³-hybridized carbons (Fsp3) is 0.0769. The van der Waals surface area contributed by atoms with E-state index in [0.717, 1.165) is 16.4 Å². The summed E-state index contributed by atoms with van der Waals surface area (Å²) < 4.78 is 38.8. The molecule has 20 heavy (non-hydrogen) atoms. The minimum Gasteiger partial charge on any atom is -0.269 e. The van der Waals surface area contributed by atoms with E-state index in [1.54, 1.807) is 18.2 Å². The Morgan fingerprint density at radius 2 is 1.75 bits per heavy atom. The van der Waals surface area contributed by atoms with Crippen LogP contribution in [0.5, 0.6) is 0 Å². The maximum atomic E-state index is 13.2. The Balaban J connectivity index is 2.46. The number of halogens is 1. The van der Waals surface area contributed by atoms with Gasteiger partial charge in [-0.2, -0.15) is 0 Å². The van der Waals surface area contributed by atoms with Gasteiger partial charge in [-0.05, 0) is 35.5 Å². The van der Waals surface area contributed by atoms with Gasteiger partial charge in [0.05, 0.1) is 10.6 Å². The summed E-state index contributed by atoms with van der Waals surface area (Å²) in [5, 5.41) is 2.52. The molecule has 0 aliphatic rings. The number of hydrogen-bond acceptors (Lipinski definition) is 4.